The number of phenols is 1. The molecule has 0 bridgehead atoms. The summed E-state index contributed by atoms with van der Waals surface area (Å²) in [6.45, 7) is 1.82. The molecule has 0 radical (unpaired) electrons. The number of phenolic OH excluding ortho intramolecular Hbond substituents is 1. The van der Waals surface area contributed by atoms with Crippen molar-refractivity contribution in [1.82, 2.24) is 0 Å². The highest BCUT2D eigenvalue weighted by Crippen LogP contribution is 2.46. The Hall–Kier alpha value is -1.79. The largest absolute Gasteiger partial charge is 0.507 e. The van der Waals surface area contributed by atoms with Gasteiger partial charge in [-0.3, -0.25) is 0 Å². The second-order valence-electron chi connectivity index (χ2n) is 4.18. The first kappa shape index (κ1) is 13.6. The maximum atomic E-state index is 11.9. The number of carbonyl (C=O) groups is 1. The van der Waals surface area contributed by atoms with Crippen LogP contribution in [0.5, 0.6) is 11.5 Å². The van der Waals surface area contributed by atoms with Crippen LogP contribution in [0.15, 0.2) is 0 Å². The van der Waals surface area contributed by atoms with E-state index < -0.39 is 12.3 Å². The maximum absolute atomic E-state index is 11.9. The summed E-state index contributed by atoms with van der Waals surface area (Å²) < 4.78 is 20.5. The molecule has 1 aliphatic heterocycles. The summed E-state index contributed by atoms with van der Waals surface area (Å²) in [6, 6.07) is 0. The zero-order chi connectivity index (χ0) is 14.2. The lowest BCUT2D eigenvalue weighted by Crippen LogP contribution is -2.06. The van der Waals surface area contributed by atoms with Crippen LogP contribution in [0.1, 0.15) is 33.3 Å². The van der Waals surface area contributed by atoms with E-state index in [0.29, 0.717) is 22.4 Å². The van der Waals surface area contributed by atoms with Crippen molar-refractivity contribution in [1.29, 1.82) is 0 Å². The molecule has 2 rings (SSSR count). The Morgan fingerprint density at radius 2 is 2.00 bits per heavy atom. The Bertz CT molecular complexity index is 523. The van der Waals surface area contributed by atoms with Gasteiger partial charge in [-0.25, -0.2) is 4.79 Å². The molecule has 1 atom stereocenters. The minimum absolute atomic E-state index is 0.0257. The van der Waals surface area contributed by atoms with Crippen LogP contribution in [0, 0.1) is 6.92 Å². The van der Waals surface area contributed by atoms with Crippen LogP contribution in [0.25, 0.3) is 0 Å². The second-order valence-corrected chi connectivity index (χ2v) is 4.18. The molecule has 0 aromatic heterocycles. The summed E-state index contributed by atoms with van der Waals surface area (Å²) in [4.78, 5) is 11.9. The smallest absolute Gasteiger partial charge is 0.345 e. The molecular weight excluding hydrogens is 252 g/mol. The monoisotopic (exact) mass is 268 g/mol. The molecule has 0 saturated carbocycles. The van der Waals surface area contributed by atoms with E-state index in [2.05, 4.69) is 0 Å². The Kier molecular flexibility index (Phi) is 3.64. The van der Waals surface area contributed by atoms with Crippen molar-refractivity contribution < 1.29 is 28.8 Å². The summed E-state index contributed by atoms with van der Waals surface area (Å²) in [5, 5.41) is 10.2. The highest BCUT2D eigenvalue weighted by Gasteiger charge is 2.39. The highest BCUT2D eigenvalue weighted by molar-refractivity contribution is 5.98. The fourth-order valence-electron chi connectivity index (χ4n) is 2.31. The average Bonchev–Trinajstić information content (AvgIpc) is 2.73. The number of fused-ring (bicyclic) bond motifs is 1. The summed E-state index contributed by atoms with van der Waals surface area (Å²) >= 11 is 0. The van der Waals surface area contributed by atoms with Gasteiger partial charge in [-0.1, -0.05) is 0 Å². The Morgan fingerprint density at radius 1 is 1.32 bits per heavy atom. The van der Waals surface area contributed by atoms with Crippen LogP contribution in [0.2, 0.25) is 0 Å². The third kappa shape index (κ3) is 1.93. The van der Waals surface area contributed by atoms with E-state index in [-0.39, 0.29) is 17.9 Å². The minimum atomic E-state index is -0.854. The molecule has 1 heterocycles. The number of carbonyl (C=O) groups excluding carboxylic acids is 1. The lowest BCUT2D eigenvalue weighted by Gasteiger charge is -2.17. The predicted octanol–water partition coefficient (Wildman–Crippen LogP) is 1.67. The maximum Gasteiger partial charge on any atom is 0.345 e. The van der Waals surface area contributed by atoms with Crippen LogP contribution < -0.4 is 4.74 Å². The molecule has 0 saturated heterocycles. The molecule has 0 aliphatic carbocycles. The van der Waals surface area contributed by atoms with Gasteiger partial charge in [0.15, 0.2) is 0 Å². The number of hydrogen-bond donors (Lipinski definition) is 1. The van der Waals surface area contributed by atoms with Crippen molar-refractivity contribution in [3.05, 3.63) is 22.3 Å². The van der Waals surface area contributed by atoms with Crippen LogP contribution in [0.3, 0.4) is 0 Å². The molecule has 19 heavy (non-hydrogen) atoms. The molecule has 104 valence electrons. The molecule has 0 fully saturated rings. The van der Waals surface area contributed by atoms with E-state index in [9.17, 15) is 9.90 Å². The Morgan fingerprint density at radius 3 is 2.53 bits per heavy atom. The molecule has 1 aromatic rings. The zero-order valence-corrected chi connectivity index (χ0v) is 11.3. The number of ether oxygens (including phenoxy) is 4. The number of hydrogen-bond acceptors (Lipinski definition) is 6. The molecular formula is C13H16O6. The summed E-state index contributed by atoms with van der Waals surface area (Å²) in [7, 11) is 4.36. The number of methoxy groups -OCH3 is 3. The first-order chi connectivity index (χ1) is 9.06. The molecule has 1 unspecified atom stereocenters. The van der Waals surface area contributed by atoms with Gasteiger partial charge in [0.25, 0.3) is 0 Å². The van der Waals surface area contributed by atoms with Crippen molar-refractivity contribution in [3.63, 3.8) is 0 Å². The predicted molar refractivity (Wildman–Crippen MR) is 65.3 cm³/mol. The van der Waals surface area contributed by atoms with Gasteiger partial charge < -0.3 is 24.1 Å². The van der Waals surface area contributed by atoms with Crippen molar-refractivity contribution >= 4 is 5.97 Å². The lowest BCUT2D eigenvalue weighted by molar-refractivity contribution is -0.0824. The van der Waals surface area contributed by atoms with Crippen molar-refractivity contribution in [3.8, 4) is 11.5 Å². The fraction of sp³-hybridized carbons (Fsp3) is 0.462. The topological polar surface area (TPSA) is 74.2 Å². The molecule has 6 nitrogen and oxygen atoms in total. The first-order valence-electron chi connectivity index (χ1n) is 5.71. The molecule has 6 heteroatoms. The number of esters is 1. The highest BCUT2D eigenvalue weighted by atomic mass is 16.7. The van der Waals surface area contributed by atoms with Gasteiger partial charge in [0.2, 0.25) is 6.29 Å². The summed E-state index contributed by atoms with van der Waals surface area (Å²) in [5.41, 5.74) is 1.71. The van der Waals surface area contributed by atoms with Crippen molar-refractivity contribution in [2.24, 2.45) is 0 Å². The van der Waals surface area contributed by atoms with Gasteiger partial charge in [-0.2, -0.15) is 0 Å². The Labute approximate surface area is 110 Å². The Balaban J connectivity index is 2.77. The van der Waals surface area contributed by atoms with Crippen molar-refractivity contribution in [2.75, 3.05) is 21.3 Å². The molecule has 0 spiro atoms. The molecule has 1 aromatic carbocycles. The van der Waals surface area contributed by atoms with Gasteiger partial charge in [0.05, 0.1) is 13.7 Å². The number of cyclic esters (lactones) is 1. The quantitative estimate of drug-likeness (QED) is 0.837. The van der Waals surface area contributed by atoms with E-state index in [1.54, 1.807) is 6.92 Å². The zero-order valence-electron chi connectivity index (χ0n) is 11.3. The first-order valence-corrected chi connectivity index (χ1v) is 5.71. The SMILES string of the molecule is COCc1c(O)c(C)c(OC)c2c1C(OC)OC2=O. The normalized spacial score (nSPS) is 17.3. The van der Waals surface area contributed by atoms with E-state index in [4.69, 9.17) is 18.9 Å². The summed E-state index contributed by atoms with van der Waals surface area (Å²) in [5.74, 6) is -0.200. The number of benzene rings is 1. The number of rotatable bonds is 4. The lowest BCUT2D eigenvalue weighted by atomic mass is 9.96. The van der Waals surface area contributed by atoms with E-state index in [0.717, 1.165) is 0 Å². The van der Waals surface area contributed by atoms with E-state index in [1.807, 2.05) is 0 Å². The third-order valence-corrected chi connectivity index (χ3v) is 3.16. The van der Waals surface area contributed by atoms with E-state index in [1.165, 1.54) is 21.3 Å². The molecule has 1 N–H and O–H groups in total. The van der Waals surface area contributed by atoms with Crippen LogP contribution in [-0.2, 0) is 20.8 Å². The summed E-state index contributed by atoms with van der Waals surface area (Å²) in [6.07, 6.45) is -0.854. The van der Waals surface area contributed by atoms with Gasteiger partial charge >= 0.3 is 5.97 Å². The molecule has 0 amide bonds. The average molecular weight is 268 g/mol. The van der Waals surface area contributed by atoms with Crippen molar-refractivity contribution in [2.45, 2.75) is 19.8 Å². The number of aromatic hydroxyl groups is 1. The second kappa shape index (κ2) is 5.07. The standard InChI is InChI=1S/C13H16O6/c1-6-10(14)7(5-16-2)8-9(11(6)17-3)12(15)19-13(8)18-4/h13-14H,5H2,1-4H3. The fourth-order valence-corrected chi connectivity index (χ4v) is 2.31. The van der Waals surface area contributed by atoms with E-state index >= 15 is 0 Å². The van der Waals surface area contributed by atoms with Crippen LogP contribution in [-0.4, -0.2) is 32.4 Å². The van der Waals surface area contributed by atoms with Crippen LogP contribution in [0.4, 0.5) is 0 Å². The van der Waals surface area contributed by atoms with Crippen LogP contribution >= 0.6 is 0 Å². The minimum Gasteiger partial charge on any atom is -0.507 e. The van der Waals surface area contributed by atoms with Gasteiger partial charge in [0, 0.05) is 30.9 Å². The van der Waals surface area contributed by atoms with Gasteiger partial charge in [-0.15, -0.1) is 0 Å². The third-order valence-electron chi connectivity index (χ3n) is 3.16. The van der Waals surface area contributed by atoms with Gasteiger partial charge in [0.1, 0.15) is 17.1 Å². The molecule has 1 aliphatic rings. The van der Waals surface area contributed by atoms with Gasteiger partial charge in [-0.05, 0) is 6.92 Å².